The minimum absolute atomic E-state index is 0. The number of carbonyl (C=O) groups is 1. The third kappa shape index (κ3) is 5.16. The largest absolute Gasteiger partial charge is 0.336 e. The molecular formula is C18H31ClN4O. The van der Waals surface area contributed by atoms with Gasteiger partial charge in [-0.15, -0.1) is 12.4 Å². The molecule has 24 heavy (non-hydrogen) atoms. The summed E-state index contributed by atoms with van der Waals surface area (Å²) in [5, 5.41) is 0. The fourth-order valence-corrected chi connectivity index (χ4v) is 3.16. The van der Waals surface area contributed by atoms with Crippen molar-refractivity contribution in [2.45, 2.75) is 52.7 Å². The van der Waals surface area contributed by atoms with E-state index in [1.165, 1.54) is 5.56 Å². The van der Waals surface area contributed by atoms with Gasteiger partial charge in [-0.2, -0.15) is 0 Å². The monoisotopic (exact) mass is 354 g/mol. The van der Waals surface area contributed by atoms with Crippen LogP contribution in [0.15, 0.2) is 18.3 Å². The molecule has 1 aliphatic heterocycles. The Balaban J connectivity index is 0.00000288. The van der Waals surface area contributed by atoms with Crippen molar-refractivity contribution < 1.29 is 4.79 Å². The second-order valence-electron chi connectivity index (χ2n) is 6.82. The Kier molecular flexibility index (Phi) is 8.13. The van der Waals surface area contributed by atoms with Crippen molar-refractivity contribution in [2.75, 3.05) is 19.6 Å². The number of piperazine rings is 1. The smallest absolute Gasteiger partial charge is 0.239 e. The summed E-state index contributed by atoms with van der Waals surface area (Å²) in [7, 11) is 0. The maximum Gasteiger partial charge on any atom is 0.239 e. The summed E-state index contributed by atoms with van der Waals surface area (Å²) in [6.07, 6.45) is 3.01. The first kappa shape index (κ1) is 20.9. The van der Waals surface area contributed by atoms with E-state index in [0.29, 0.717) is 5.92 Å². The predicted octanol–water partition coefficient (Wildman–Crippen LogP) is 2.22. The number of nitrogens with zero attached hydrogens (tertiary/aromatic N) is 3. The van der Waals surface area contributed by atoms with Crippen molar-refractivity contribution >= 4 is 18.3 Å². The van der Waals surface area contributed by atoms with Gasteiger partial charge in [-0.1, -0.05) is 26.3 Å². The molecule has 0 bridgehead atoms. The molecule has 0 radical (unpaired) electrons. The zero-order chi connectivity index (χ0) is 17.0. The van der Waals surface area contributed by atoms with E-state index in [1.807, 2.05) is 18.0 Å². The maximum absolute atomic E-state index is 12.4. The van der Waals surface area contributed by atoms with Crippen molar-refractivity contribution in [1.82, 2.24) is 14.8 Å². The molecule has 2 N–H and O–H groups in total. The van der Waals surface area contributed by atoms with E-state index in [1.54, 1.807) is 6.92 Å². The highest BCUT2D eigenvalue weighted by molar-refractivity contribution is 5.85. The number of hydrogen-bond acceptors (Lipinski definition) is 4. The summed E-state index contributed by atoms with van der Waals surface area (Å²) in [6, 6.07) is 4.01. The average molecular weight is 355 g/mol. The topological polar surface area (TPSA) is 62.5 Å². The molecule has 0 aliphatic carbocycles. The lowest BCUT2D eigenvalue weighted by molar-refractivity contribution is -0.138. The van der Waals surface area contributed by atoms with Gasteiger partial charge in [0.15, 0.2) is 0 Å². The second kappa shape index (κ2) is 9.35. The minimum Gasteiger partial charge on any atom is -0.336 e. The molecule has 6 heteroatoms. The first-order valence-electron chi connectivity index (χ1n) is 8.62. The van der Waals surface area contributed by atoms with Crippen LogP contribution < -0.4 is 5.73 Å². The van der Waals surface area contributed by atoms with Crippen LogP contribution in [-0.4, -0.2) is 52.4 Å². The first-order valence-corrected chi connectivity index (χ1v) is 8.62. The van der Waals surface area contributed by atoms with Gasteiger partial charge in [0.05, 0.1) is 6.04 Å². The van der Waals surface area contributed by atoms with Crippen LogP contribution in [0.5, 0.6) is 0 Å². The van der Waals surface area contributed by atoms with Crippen LogP contribution in [0.4, 0.5) is 0 Å². The lowest BCUT2D eigenvalue weighted by Gasteiger charge is -2.44. The van der Waals surface area contributed by atoms with Gasteiger partial charge in [-0.3, -0.25) is 14.7 Å². The van der Waals surface area contributed by atoms with Gasteiger partial charge in [-0.25, -0.2) is 0 Å². The molecule has 0 aromatic carbocycles. The van der Waals surface area contributed by atoms with Gasteiger partial charge in [-0.05, 0) is 31.4 Å². The molecule has 3 atom stereocenters. The Morgan fingerprint density at radius 2 is 2.08 bits per heavy atom. The Morgan fingerprint density at radius 1 is 1.38 bits per heavy atom. The lowest BCUT2D eigenvalue weighted by atomic mass is 9.94. The Morgan fingerprint density at radius 3 is 2.62 bits per heavy atom. The molecule has 1 aliphatic rings. The molecule has 1 aromatic heterocycles. The van der Waals surface area contributed by atoms with Crippen molar-refractivity contribution in [3.63, 3.8) is 0 Å². The molecule has 0 spiro atoms. The number of halogens is 1. The van der Waals surface area contributed by atoms with Crippen LogP contribution in [0.2, 0.25) is 0 Å². The van der Waals surface area contributed by atoms with Crippen LogP contribution in [0.25, 0.3) is 0 Å². The molecule has 2 rings (SSSR count). The number of pyridine rings is 1. The molecule has 1 saturated heterocycles. The third-order valence-corrected chi connectivity index (χ3v) is 4.85. The SMILES string of the molecule is CCC(C)C1CN(Cc2ccc(C)nc2)CCN1C(=O)C(C)N.Cl. The molecule has 1 fully saturated rings. The van der Waals surface area contributed by atoms with E-state index < -0.39 is 6.04 Å². The summed E-state index contributed by atoms with van der Waals surface area (Å²) < 4.78 is 0. The van der Waals surface area contributed by atoms with E-state index in [4.69, 9.17) is 5.73 Å². The van der Waals surface area contributed by atoms with Gasteiger partial charge in [0, 0.05) is 44.1 Å². The molecule has 3 unspecified atom stereocenters. The van der Waals surface area contributed by atoms with Gasteiger partial charge < -0.3 is 10.6 Å². The lowest BCUT2D eigenvalue weighted by Crippen LogP contribution is -2.59. The highest BCUT2D eigenvalue weighted by Crippen LogP contribution is 2.22. The van der Waals surface area contributed by atoms with Crippen molar-refractivity contribution in [2.24, 2.45) is 11.7 Å². The zero-order valence-electron chi connectivity index (χ0n) is 15.2. The van der Waals surface area contributed by atoms with Crippen LogP contribution in [-0.2, 0) is 11.3 Å². The number of nitrogens with two attached hydrogens (primary N) is 1. The number of aromatic nitrogens is 1. The van der Waals surface area contributed by atoms with Crippen LogP contribution in [0.1, 0.15) is 38.4 Å². The average Bonchev–Trinajstić information content (AvgIpc) is 2.55. The van der Waals surface area contributed by atoms with Crippen LogP contribution in [0.3, 0.4) is 0 Å². The Bertz CT molecular complexity index is 520. The maximum atomic E-state index is 12.4. The standard InChI is InChI=1S/C18H30N4O.ClH/c1-5-13(2)17-12-21(8-9-22(17)18(23)15(4)19)11-16-7-6-14(3)20-10-16;/h6-7,10,13,15,17H,5,8-9,11-12,19H2,1-4H3;1H. The fourth-order valence-electron chi connectivity index (χ4n) is 3.16. The van der Waals surface area contributed by atoms with E-state index in [0.717, 1.165) is 38.3 Å². The zero-order valence-corrected chi connectivity index (χ0v) is 16.1. The normalized spacial score (nSPS) is 21.0. The van der Waals surface area contributed by atoms with E-state index in [-0.39, 0.29) is 24.4 Å². The summed E-state index contributed by atoms with van der Waals surface area (Å²) in [6.45, 7) is 11.6. The number of aryl methyl sites for hydroxylation is 1. The second-order valence-corrected chi connectivity index (χ2v) is 6.82. The van der Waals surface area contributed by atoms with Gasteiger partial charge >= 0.3 is 0 Å². The Hall–Kier alpha value is -1.17. The van der Waals surface area contributed by atoms with Gasteiger partial charge in [0.2, 0.25) is 5.91 Å². The summed E-state index contributed by atoms with van der Waals surface area (Å²) in [5.74, 6) is 0.545. The predicted molar refractivity (Wildman–Crippen MR) is 100 cm³/mol. The minimum atomic E-state index is -0.422. The van der Waals surface area contributed by atoms with Crippen molar-refractivity contribution in [3.8, 4) is 0 Å². The summed E-state index contributed by atoms with van der Waals surface area (Å²) >= 11 is 0. The van der Waals surface area contributed by atoms with Crippen molar-refractivity contribution in [3.05, 3.63) is 29.6 Å². The third-order valence-electron chi connectivity index (χ3n) is 4.85. The van der Waals surface area contributed by atoms with Gasteiger partial charge in [0.1, 0.15) is 0 Å². The Labute approximate surface area is 152 Å². The van der Waals surface area contributed by atoms with Gasteiger partial charge in [0.25, 0.3) is 0 Å². The molecule has 1 amide bonds. The number of hydrogen-bond donors (Lipinski definition) is 1. The van der Waals surface area contributed by atoms with E-state index in [2.05, 4.69) is 35.9 Å². The first-order chi connectivity index (χ1) is 10.9. The van der Waals surface area contributed by atoms with Crippen molar-refractivity contribution in [1.29, 1.82) is 0 Å². The highest BCUT2D eigenvalue weighted by atomic mass is 35.5. The number of rotatable bonds is 5. The molecule has 5 nitrogen and oxygen atoms in total. The summed E-state index contributed by atoms with van der Waals surface area (Å²) in [5.41, 5.74) is 8.10. The highest BCUT2D eigenvalue weighted by Gasteiger charge is 2.34. The molecular weight excluding hydrogens is 324 g/mol. The number of amides is 1. The molecule has 2 heterocycles. The molecule has 1 aromatic rings. The molecule has 0 saturated carbocycles. The molecule has 136 valence electrons. The number of carbonyl (C=O) groups excluding carboxylic acids is 1. The van der Waals surface area contributed by atoms with E-state index >= 15 is 0 Å². The fraction of sp³-hybridized carbons (Fsp3) is 0.667. The van der Waals surface area contributed by atoms with Crippen LogP contribution in [0, 0.1) is 12.8 Å². The summed E-state index contributed by atoms with van der Waals surface area (Å²) in [4.78, 5) is 21.2. The van der Waals surface area contributed by atoms with Crippen LogP contribution >= 0.6 is 12.4 Å². The quantitative estimate of drug-likeness (QED) is 0.880. The van der Waals surface area contributed by atoms with E-state index in [9.17, 15) is 4.79 Å².